The van der Waals surface area contributed by atoms with Crippen LogP contribution in [0.25, 0.3) is 0 Å². The largest absolute Gasteiger partial charge is 0.395 e. The molecule has 1 saturated carbocycles. The summed E-state index contributed by atoms with van der Waals surface area (Å²) >= 11 is 0. The van der Waals surface area contributed by atoms with Gasteiger partial charge in [0.15, 0.2) is 0 Å². The second-order valence-electron chi connectivity index (χ2n) is 3.92. The van der Waals surface area contributed by atoms with E-state index in [0.717, 1.165) is 13.1 Å². The molecule has 0 aromatic carbocycles. The van der Waals surface area contributed by atoms with E-state index in [4.69, 9.17) is 5.11 Å². The molecule has 4 nitrogen and oxygen atoms in total. The van der Waals surface area contributed by atoms with Crippen molar-refractivity contribution >= 4 is 0 Å². The van der Waals surface area contributed by atoms with Crippen molar-refractivity contribution in [3.63, 3.8) is 0 Å². The van der Waals surface area contributed by atoms with Crippen molar-refractivity contribution in [2.75, 3.05) is 13.2 Å². The summed E-state index contributed by atoms with van der Waals surface area (Å²) in [7, 11) is 2.01. The zero-order valence-corrected chi connectivity index (χ0v) is 8.56. The summed E-state index contributed by atoms with van der Waals surface area (Å²) < 4.78 is 2.03. The maximum absolute atomic E-state index is 8.95. The van der Waals surface area contributed by atoms with Crippen molar-refractivity contribution in [2.45, 2.75) is 25.4 Å². The van der Waals surface area contributed by atoms with Crippen LogP contribution < -0.4 is 0 Å². The summed E-state index contributed by atoms with van der Waals surface area (Å²) in [6.07, 6.45) is 6.27. The van der Waals surface area contributed by atoms with E-state index in [1.165, 1.54) is 18.5 Å². The number of hydrogen-bond donors (Lipinski definition) is 1. The van der Waals surface area contributed by atoms with Gasteiger partial charge in [0.05, 0.1) is 18.6 Å². The topological polar surface area (TPSA) is 41.3 Å². The number of imidazole rings is 1. The van der Waals surface area contributed by atoms with Gasteiger partial charge in [-0.05, 0) is 12.8 Å². The van der Waals surface area contributed by atoms with Crippen LogP contribution in [0.5, 0.6) is 0 Å². The number of aromatic nitrogens is 2. The van der Waals surface area contributed by atoms with Crippen LogP contribution in [-0.4, -0.2) is 38.8 Å². The molecule has 0 aliphatic heterocycles. The van der Waals surface area contributed by atoms with E-state index in [1.54, 1.807) is 0 Å². The Bertz CT molecular complexity index is 293. The third-order valence-electron chi connectivity index (χ3n) is 2.73. The van der Waals surface area contributed by atoms with Crippen molar-refractivity contribution in [3.05, 3.63) is 18.2 Å². The van der Waals surface area contributed by atoms with Gasteiger partial charge in [-0.1, -0.05) is 0 Å². The normalized spacial score (nSPS) is 16.5. The molecule has 0 spiro atoms. The van der Waals surface area contributed by atoms with Gasteiger partial charge in [-0.2, -0.15) is 0 Å². The smallest absolute Gasteiger partial charge is 0.0945 e. The van der Waals surface area contributed by atoms with Crippen LogP contribution in [-0.2, 0) is 13.6 Å². The summed E-state index contributed by atoms with van der Waals surface area (Å²) in [6.45, 7) is 1.92. The Morgan fingerprint density at radius 2 is 2.43 bits per heavy atom. The molecule has 0 radical (unpaired) electrons. The Labute approximate surface area is 84.2 Å². The van der Waals surface area contributed by atoms with Crippen molar-refractivity contribution < 1.29 is 5.11 Å². The molecule has 0 bridgehead atoms. The Balaban J connectivity index is 1.96. The van der Waals surface area contributed by atoms with E-state index >= 15 is 0 Å². The van der Waals surface area contributed by atoms with Crippen LogP contribution in [0.4, 0.5) is 0 Å². The highest BCUT2D eigenvalue weighted by Crippen LogP contribution is 2.27. The van der Waals surface area contributed by atoms with Gasteiger partial charge in [-0.15, -0.1) is 0 Å². The lowest BCUT2D eigenvalue weighted by molar-refractivity contribution is 0.181. The number of aryl methyl sites for hydroxylation is 1. The fourth-order valence-electron chi connectivity index (χ4n) is 1.70. The van der Waals surface area contributed by atoms with Crippen LogP contribution in [0.2, 0.25) is 0 Å². The molecule has 1 aromatic heterocycles. The number of rotatable bonds is 5. The molecule has 1 fully saturated rings. The minimum Gasteiger partial charge on any atom is -0.395 e. The molecule has 14 heavy (non-hydrogen) atoms. The van der Waals surface area contributed by atoms with Crippen molar-refractivity contribution in [3.8, 4) is 0 Å². The maximum Gasteiger partial charge on any atom is 0.0945 e. The molecule has 4 heteroatoms. The quantitative estimate of drug-likeness (QED) is 0.738. The third-order valence-corrected chi connectivity index (χ3v) is 2.73. The van der Waals surface area contributed by atoms with E-state index < -0.39 is 0 Å². The summed E-state index contributed by atoms with van der Waals surface area (Å²) in [5.74, 6) is 0. The molecule has 0 atom stereocenters. The molecule has 1 aliphatic rings. The standard InChI is InChI=1S/C10H17N3O/c1-12-8-11-6-10(12)7-13(4-5-14)9-2-3-9/h6,8-9,14H,2-5,7H2,1H3. The van der Waals surface area contributed by atoms with E-state index in [-0.39, 0.29) is 6.61 Å². The molecular weight excluding hydrogens is 178 g/mol. The lowest BCUT2D eigenvalue weighted by atomic mass is 10.3. The zero-order chi connectivity index (χ0) is 9.97. The lowest BCUT2D eigenvalue weighted by Crippen LogP contribution is -2.29. The van der Waals surface area contributed by atoms with E-state index in [0.29, 0.717) is 6.04 Å². The second kappa shape index (κ2) is 4.11. The molecule has 1 heterocycles. The molecule has 0 amide bonds. The fraction of sp³-hybridized carbons (Fsp3) is 0.700. The first-order valence-electron chi connectivity index (χ1n) is 5.11. The van der Waals surface area contributed by atoms with Crippen molar-refractivity contribution in [1.82, 2.24) is 14.5 Å². The fourth-order valence-corrected chi connectivity index (χ4v) is 1.70. The Hall–Kier alpha value is -0.870. The van der Waals surface area contributed by atoms with Gasteiger partial charge >= 0.3 is 0 Å². The number of aliphatic hydroxyl groups excluding tert-OH is 1. The van der Waals surface area contributed by atoms with Crippen LogP contribution in [0.3, 0.4) is 0 Å². The predicted molar refractivity (Wildman–Crippen MR) is 53.7 cm³/mol. The highest BCUT2D eigenvalue weighted by molar-refractivity contribution is 4.99. The molecule has 1 N–H and O–H groups in total. The van der Waals surface area contributed by atoms with Gasteiger partial charge in [0.2, 0.25) is 0 Å². The molecule has 0 unspecified atom stereocenters. The Morgan fingerprint density at radius 1 is 1.64 bits per heavy atom. The molecule has 2 rings (SSSR count). The number of hydrogen-bond acceptors (Lipinski definition) is 3. The van der Waals surface area contributed by atoms with Gasteiger partial charge in [0.25, 0.3) is 0 Å². The first-order valence-corrected chi connectivity index (χ1v) is 5.11. The Morgan fingerprint density at radius 3 is 2.93 bits per heavy atom. The van der Waals surface area contributed by atoms with Crippen molar-refractivity contribution in [2.24, 2.45) is 7.05 Å². The SMILES string of the molecule is Cn1cncc1CN(CCO)C1CC1. The average Bonchev–Trinajstić information content (AvgIpc) is 2.93. The molecular formula is C10H17N3O. The van der Waals surface area contributed by atoms with E-state index in [2.05, 4.69) is 9.88 Å². The van der Waals surface area contributed by atoms with Crippen LogP contribution in [0, 0.1) is 0 Å². The average molecular weight is 195 g/mol. The molecule has 78 valence electrons. The molecule has 1 aromatic rings. The van der Waals surface area contributed by atoms with Crippen LogP contribution in [0.15, 0.2) is 12.5 Å². The summed E-state index contributed by atoms with van der Waals surface area (Å²) in [5, 5.41) is 8.95. The zero-order valence-electron chi connectivity index (χ0n) is 8.56. The monoisotopic (exact) mass is 195 g/mol. The van der Waals surface area contributed by atoms with Gasteiger partial charge in [-0.3, -0.25) is 4.90 Å². The third kappa shape index (κ3) is 2.13. The highest BCUT2D eigenvalue weighted by Gasteiger charge is 2.28. The van der Waals surface area contributed by atoms with Crippen LogP contribution >= 0.6 is 0 Å². The summed E-state index contributed by atoms with van der Waals surface area (Å²) in [6, 6.07) is 0.692. The first-order chi connectivity index (χ1) is 6.81. The summed E-state index contributed by atoms with van der Waals surface area (Å²) in [5.41, 5.74) is 1.21. The minimum atomic E-state index is 0.244. The van der Waals surface area contributed by atoms with Gasteiger partial charge in [0.1, 0.15) is 0 Å². The number of nitrogens with zero attached hydrogens (tertiary/aromatic N) is 3. The molecule has 0 saturated heterocycles. The van der Waals surface area contributed by atoms with Gasteiger partial charge in [-0.25, -0.2) is 4.98 Å². The van der Waals surface area contributed by atoms with Crippen molar-refractivity contribution in [1.29, 1.82) is 0 Å². The molecule has 1 aliphatic carbocycles. The predicted octanol–water partition coefficient (Wildman–Crippen LogP) is 0.377. The summed E-state index contributed by atoms with van der Waals surface area (Å²) in [4.78, 5) is 6.42. The minimum absolute atomic E-state index is 0.244. The second-order valence-corrected chi connectivity index (χ2v) is 3.92. The van der Waals surface area contributed by atoms with Crippen LogP contribution in [0.1, 0.15) is 18.5 Å². The first kappa shape index (κ1) is 9.68. The Kier molecular flexibility index (Phi) is 2.84. The van der Waals surface area contributed by atoms with E-state index in [9.17, 15) is 0 Å². The lowest BCUT2D eigenvalue weighted by Gasteiger charge is -2.20. The van der Waals surface area contributed by atoms with Gasteiger partial charge < -0.3 is 9.67 Å². The maximum atomic E-state index is 8.95. The van der Waals surface area contributed by atoms with E-state index in [1.807, 2.05) is 24.1 Å². The number of aliphatic hydroxyl groups is 1. The highest BCUT2D eigenvalue weighted by atomic mass is 16.3. The van der Waals surface area contributed by atoms with Gasteiger partial charge in [0, 0.05) is 32.4 Å².